The third kappa shape index (κ3) is 3.63. The van der Waals surface area contributed by atoms with E-state index >= 15 is 0 Å². The average molecular weight is 335 g/mol. The van der Waals surface area contributed by atoms with Gasteiger partial charge >= 0.3 is 5.97 Å². The van der Waals surface area contributed by atoms with Gasteiger partial charge < -0.3 is 9.47 Å². The van der Waals surface area contributed by atoms with E-state index < -0.39 is 11.6 Å². The number of benzene rings is 2. The standard InChI is InChI=1S/C21H21NO3/c1-21(2,3)25-20(23)17-11-10-15-16(22-17)12-13-18(24-4)19(15)14-8-6-5-7-9-14/h5-13H,1-4H3. The first kappa shape index (κ1) is 17.0. The Labute approximate surface area is 147 Å². The molecule has 0 fully saturated rings. The number of pyridine rings is 1. The van der Waals surface area contributed by atoms with Gasteiger partial charge in [0.2, 0.25) is 0 Å². The van der Waals surface area contributed by atoms with Crippen LogP contribution in [0.1, 0.15) is 31.3 Å². The monoisotopic (exact) mass is 335 g/mol. The number of nitrogens with zero attached hydrogens (tertiary/aromatic N) is 1. The summed E-state index contributed by atoms with van der Waals surface area (Å²) in [7, 11) is 1.65. The van der Waals surface area contributed by atoms with E-state index in [0.717, 1.165) is 27.8 Å². The Hall–Kier alpha value is -2.88. The van der Waals surface area contributed by atoms with E-state index in [1.807, 2.05) is 69.3 Å². The molecule has 0 bridgehead atoms. The van der Waals surface area contributed by atoms with Crippen LogP contribution in [0.15, 0.2) is 54.6 Å². The van der Waals surface area contributed by atoms with Crippen molar-refractivity contribution >= 4 is 16.9 Å². The van der Waals surface area contributed by atoms with Crippen LogP contribution in [0.5, 0.6) is 5.75 Å². The highest BCUT2D eigenvalue weighted by Crippen LogP contribution is 2.36. The Balaban J connectivity index is 2.13. The Morgan fingerprint density at radius 1 is 0.960 bits per heavy atom. The highest BCUT2D eigenvalue weighted by molar-refractivity contribution is 6.00. The van der Waals surface area contributed by atoms with Gasteiger partial charge in [-0.05, 0) is 50.6 Å². The van der Waals surface area contributed by atoms with Crippen LogP contribution in [0, 0.1) is 0 Å². The number of aromatic nitrogens is 1. The van der Waals surface area contributed by atoms with Crippen LogP contribution in [-0.2, 0) is 4.74 Å². The molecule has 0 aliphatic heterocycles. The van der Waals surface area contributed by atoms with Gasteiger partial charge in [0, 0.05) is 10.9 Å². The zero-order chi connectivity index (χ0) is 18.0. The quantitative estimate of drug-likeness (QED) is 0.641. The smallest absolute Gasteiger partial charge is 0.357 e. The zero-order valence-electron chi connectivity index (χ0n) is 14.9. The lowest BCUT2D eigenvalue weighted by Gasteiger charge is -2.19. The summed E-state index contributed by atoms with van der Waals surface area (Å²) in [6, 6.07) is 17.3. The number of hydrogen-bond donors (Lipinski definition) is 0. The van der Waals surface area contributed by atoms with Gasteiger partial charge in [-0.25, -0.2) is 9.78 Å². The van der Waals surface area contributed by atoms with Crippen molar-refractivity contribution in [3.8, 4) is 16.9 Å². The van der Waals surface area contributed by atoms with Crippen LogP contribution in [-0.4, -0.2) is 23.7 Å². The molecule has 0 aliphatic carbocycles. The molecular formula is C21H21NO3. The predicted molar refractivity (Wildman–Crippen MR) is 98.9 cm³/mol. The van der Waals surface area contributed by atoms with Gasteiger partial charge in [-0.2, -0.15) is 0 Å². The maximum absolute atomic E-state index is 12.3. The predicted octanol–water partition coefficient (Wildman–Crippen LogP) is 4.87. The number of esters is 1. The molecule has 0 radical (unpaired) electrons. The van der Waals surface area contributed by atoms with Gasteiger partial charge in [0.15, 0.2) is 0 Å². The van der Waals surface area contributed by atoms with Crippen molar-refractivity contribution in [2.24, 2.45) is 0 Å². The number of methoxy groups -OCH3 is 1. The van der Waals surface area contributed by atoms with Crippen LogP contribution < -0.4 is 4.74 Å². The Kier molecular flexibility index (Phi) is 4.45. The molecule has 0 saturated carbocycles. The topological polar surface area (TPSA) is 48.4 Å². The summed E-state index contributed by atoms with van der Waals surface area (Å²) < 4.78 is 10.9. The Morgan fingerprint density at radius 2 is 1.68 bits per heavy atom. The summed E-state index contributed by atoms with van der Waals surface area (Å²) in [5, 5.41) is 0.929. The number of carbonyl (C=O) groups excluding carboxylic acids is 1. The molecule has 4 nitrogen and oxygen atoms in total. The third-order valence-corrected chi connectivity index (χ3v) is 3.72. The number of rotatable bonds is 3. The Morgan fingerprint density at radius 3 is 2.32 bits per heavy atom. The van der Waals surface area contributed by atoms with Crippen molar-refractivity contribution in [3.63, 3.8) is 0 Å². The molecule has 2 aromatic carbocycles. The maximum atomic E-state index is 12.3. The second-order valence-electron chi connectivity index (χ2n) is 6.77. The van der Waals surface area contributed by atoms with E-state index in [2.05, 4.69) is 4.98 Å². The van der Waals surface area contributed by atoms with Crippen LogP contribution in [0.25, 0.3) is 22.0 Å². The highest BCUT2D eigenvalue weighted by atomic mass is 16.6. The molecule has 0 saturated heterocycles. The van der Waals surface area contributed by atoms with E-state index in [-0.39, 0.29) is 0 Å². The fraction of sp³-hybridized carbons (Fsp3) is 0.238. The van der Waals surface area contributed by atoms with Crippen LogP contribution >= 0.6 is 0 Å². The first-order chi connectivity index (χ1) is 11.9. The van der Waals surface area contributed by atoms with Crippen molar-refractivity contribution in [1.82, 2.24) is 4.98 Å². The molecule has 0 N–H and O–H groups in total. The molecule has 0 amide bonds. The molecule has 128 valence electrons. The summed E-state index contributed by atoms with van der Waals surface area (Å²) >= 11 is 0. The lowest BCUT2D eigenvalue weighted by molar-refractivity contribution is 0.00633. The van der Waals surface area contributed by atoms with Gasteiger partial charge in [-0.15, -0.1) is 0 Å². The van der Waals surface area contributed by atoms with Gasteiger partial charge in [-0.3, -0.25) is 0 Å². The summed E-state index contributed by atoms with van der Waals surface area (Å²) in [6.07, 6.45) is 0. The minimum absolute atomic E-state index is 0.298. The summed E-state index contributed by atoms with van der Waals surface area (Å²) in [5.74, 6) is 0.344. The van der Waals surface area contributed by atoms with E-state index in [4.69, 9.17) is 9.47 Å². The fourth-order valence-electron chi connectivity index (χ4n) is 2.70. The number of hydrogen-bond acceptors (Lipinski definition) is 4. The molecule has 1 aromatic heterocycles. The van der Waals surface area contributed by atoms with Crippen LogP contribution in [0.2, 0.25) is 0 Å². The minimum atomic E-state index is -0.553. The number of carbonyl (C=O) groups is 1. The second kappa shape index (κ2) is 6.55. The van der Waals surface area contributed by atoms with Crippen molar-refractivity contribution < 1.29 is 14.3 Å². The largest absolute Gasteiger partial charge is 0.496 e. The Bertz CT molecular complexity index is 912. The van der Waals surface area contributed by atoms with Crippen molar-refractivity contribution in [1.29, 1.82) is 0 Å². The minimum Gasteiger partial charge on any atom is -0.496 e. The lowest BCUT2D eigenvalue weighted by atomic mass is 9.99. The summed E-state index contributed by atoms with van der Waals surface area (Å²) in [5.41, 5.74) is 2.47. The van der Waals surface area contributed by atoms with Gasteiger partial charge in [0.25, 0.3) is 0 Å². The summed E-state index contributed by atoms with van der Waals surface area (Å²) in [6.45, 7) is 5.51. The van der Waals surface area contributed by atoms with E-state index in [9.17, 15) is 4.79 Å². The normalized spacial score (nSPS) is 11.4. The van der Waals surface area contributed by atoms with Gasteiger partial charge in [0.1, 0.15) is 17.0 Å². The van der Waals surface area contributed by atoms with Gasteiger partial charge in [0.05, 0.1) is 12.6 Å². The molecule has 3 rings (SSSR count). The van der Waals surface area contributed by atoms with Crippen molar-refractivity contribution in [3.05, 3.63) is 60.3 Å². The molecule has 0 aliphatic rings. The van der Waals surface area contributed by atoms with Crippen LogP contribution in [0.4, 0.5) is 0 Å². The average Bonchev–Trinajstić information content (AvgIpc) is 2.59. The molecule has 1 heterocycles. The molecule has 0 spiro atoms. The maximum Gasteiger partial charge on any atom is 0.357 e. The molecule has 0 unspecified atom stereocenters. The van der Waals surface area contributed by atoms with Crippen molar-refractivity contribution in [2.75, 3.05) is 7.11 Å². The molecular weight excluding hydrogens is 314 g/mol. The molecule has 0 atom stereocenters. The highest BCUT2D eigenvalue weighted by Gasteiger charge is 2.20. The van der Waals surface area contributed by atoms with Crippen LogP contribution in [0.3, 0.4) is 0 Å². The third-order valence-electron chi connectivity index (χ3n) is 3.72. The molecule has 4 heteroatoms. The van der Waals surface area contributed by atoms with Crippen molar-refractivity contribution in [2.45, 2.75) is 26.4 Å². The zero-order valence-corrected chi connectivity index (χ0v) is 14.9. The van der Waals surface area contributed by atoms with E-state index in [0.29, 0.717) is 5.69 Å². The second-order valence-corrected chi connectivity index (χ2v) is 6.77. The number of ether oxygens (including phenoxy) is 2. The molecule has 3 aromatic rings. The SMILES string of the molecule is COc1ccc2nc(C(=O)OC(C)(C)C)ccc2c1-c1ccccc1. The first-order valence-corrected chi connectivity index (χ1v) is 8.15. The molecule has 25 heavy (non-hydrogen) atoms. The fourth-order valence-corrected chi connectivity index (χ4v) is 2.70. The summed E-state index contributed by atoms with van der Waals surface area (Å²) in [4.78, 5) is 16.8. The number of fused-ring (bicyclic) bond motifs is 1. The lowest BCUT2D eigenvalue weighted by Crippen LogP contribution is -2.24. The van der Waals surface area contributed by atoms with E-state index in [1.165, 1.54) is 0 Å². The first-order valence-electron chi connectivity index (χ1n) is 8.15. The van der Waals surface area contributed by atoms with E-state index in [1.54, 1.807) is 13.2 Å². The van der Waals surface area contributed by atoms with Gasteiger partial charge in [-0.1, -0.05) is 30.3 Å².